The first-order chi connectivity index (χ1) is 16.7. The summed E-state index contributed by atoms with van der Waals surface area (Å²) in [4.78, 5) is 80.5. The minimum absolute atomic E-state index is 0.233. The number of hydrogen-bond donors (Lipinski definition) is 5. The Balaban J connectivity index is 0.000000454. The van der Waals surface area contributed by atoms with Crippen molar-refractivity contribution in [3.8, 4) is 0 Å². The molecule has 16 nitrogen and oxygen atoms in total. The standard InChI is InChI=1S/4C5H6O4/c3*6-4-2-1-3(9-4)5(7)8;6-4(7)2-1-3-5(8)9/h3*3H,1-2H2,(H,7,8);1-2H,3H2,(H,6,7)(H,8,9)/b;;;2-1+/t2*3-;;/m10../s1. The number of rotatable bonds is 6. The predicted octanol–water partition coefficient (Wildman–Crippen LogP) is -0.568. The maximum absolute atomic E-state index is 10.3. The van der Waals surface area contributed by atoms with Crippen LogP contribution in [-0.4, -0.2) is 91.6 Å². The molecular weight excluding hydrogens is 496 g/mol. The Morgan fingerprint density at radius 2 is 0.944 bits per heavy atom. The molecule has 3 aliphatic rings. The smallest absolute Gasteiger partial charge is 0.345 e. The molecule has 3 atom stereocenters. The fourth-order valence-electron chi connectivity index (χ4n) is 2.36. The van der Waals surface area contributed by atoms with Gasteiger partial charge in [-0.05, 0) is 0 Å². The van der Waals surface area contributed by atoms with Gasteiger partial charge in [-0.25, -0.2) is 19.2 Å². The molecule has 0 spiro atoms. The maximum atomic E-state index is 10.3. The van der Waals surface area contributed by atoms with Crippen LogP contribution >= 0.6 is 0 Å². The molecule has 1 unspecified atom stereocenters. The van der Waals surface area contributed by atoms with E-state index in [0.717, 1.165) is 12.2 Å². The largest absolute Gasteiger partial charge is 0.481 e. The summed E-state index contributed by atoms with van der Waals surface area (Å²) >= 11 is 0. The molecule has 3 heterocycles. The molecule has 3 rings (SSSR count). The van der Waals surface area contributed by atoms with Gasteiger partial charge in [0, 0.05) is 44.6 Å². The minimum atomic E-state index is -1.13. The molecule has 3 aliphatic heterocycles. The number of esters is 3. The second kappa shape index (κ2) is 16.2. The van der Waals surface area contributed by atoms with Gasteiger partial charge in [0.15, 0.2) is 18.3 Å². The number of cyclic esters (lactones) is 3. The van der Waals surface area contributed by atoms with E-state index < -0.39 is 66.1 Å². The van der Waals surface area contributed by atoms with Crippen LogP contribution in [0, 0.1) is 0 Å². The van der Waals surface area contributed by atoms with E-state index in [1.165, 1.54) is 0 Å². The number of carboxylic acids is 5. The Morgan fingerprint density at radius 1 is 0.639 bits per heavy atom. The zero-order valence-corrected chi connectivity index (χ0v) is 18.6. The Labute approximate surface area is 202 Å². The zero-order chi connectivity index (χ0) is 27.8. The third-order valence-corrected chi connectivity index (χ3v) is 4.03. The third kappa shape index (κ3) is 14.6. The van der Waals surface area contributed by atoms with E-state index >= 15 is 0 Å². The molecule has 0 aromatic rings. The van der Waals surface area contributed by atoms with Crippen LogP contribution in [0.5, 0.6) is 0 Å². The summed E-state index contributed by atoms with van der Waals surface area (Å²) in [5.41, 5.74) is 0. The van der Waals surface area contributed by atoms with Gasteiger partial charge < -0.3 is 39.7 Å². The quantitative estimate of drug-likeness (QED) is 0.167. The summed E-state index contributed by atoms with van der Waals surface area (Å²) in [6.45, 7) is 0. The lowest BCUT2D eigenvalue weighted by atomic mass is 10.2. The number of carbonyl (C=O) groups excluding carboxylic acids is 3. The SMILES string of the molecule is O=C(O)/C=C/CC(=O)O.O=C1CCC(C(=O)O)O1.O=C1CC[C@@H](C(=O)O)O1.O=C1CC[C@H](C(=O)O)O1. The molecular formula is C20H24O16. The van der Waals surface area contributed by atoms with Crippen molar-refractivity contribution in [1.82, 2.24) is 0 Å². The lowest BCUT2D eigenvalue weighted by Crippen LogP contribution is -2.18. The summed E-state index contributed by atoms with van der Waals surface area (Å²) in [7, 11) is 0. The monoisotopic (exact) mass is 520 g/mol. The first kappa shape index (κ1) is 31.5. The second-order valence-electron chi connectivity index (χ2n) is 6.90. The van der Waals surface area contributed by atoms with E-state index in [-0.39, 0.29) is 25.7 Å². The summed E-state index contributed by atoms with van der Waals surface area (Å²) in [5.74, 6) is -6.57. The molecule has 0 aromatic heterocycles. The Kier molecular flexibility index (Phi) is 14.2. The van der Waals surface area contributed by atoms with E-state index in [1.54, 1.807) is 0 Å². The third-order valence-electron chi connectivity index (χ3n) is 4.03. The van der Waals surface area contributed by atoms with Crippen LogP contribution in [0.15, 0.2) is 12.2 Å². The van der Waals surface area contributed by atoms with E-state index in [1.807, 2.05) is 0 Å². The fourth-order valence-corrected chi connectivity index (χ4v) is 2.36. The average molecular weight is 520 g/mol. The maximum Gasteiger partial charge on any atom is 0.345 e. The summed E-state index contributed by atoms with van der Waals surface area (Å²) in [5, 5.41) is 40.7. The van der Waals surface area contributed by atoms with Gasteiger partial charge in [0.05, 0.1) is 6.42 Å². The Bertz CT molecular complexity index is 803. The van der Waals surface area contributed by atoms with Crippen molar-refractivity contribution < 1.29 is 78.1 Å². The van der Waals surface area contributed by atoms with Crippen molar-refractivity contribution in [3.05, 3.63) is 12.2 Å². The van der Waals surface area contributed by atoms with Gasteiger partial charge in [-0.1, -0.05) is 6.08 Å². The predicted molar refractivity (Wildman–Crippen MR) is 109 cm³/mol. The molecule has 0 aliphatic carbocycles. The first-order valence-electron chi connectivity index (χ1n) is 10.1. The molecule has 0 aromatic carbocycles. The van der Waals surface area contributed by atoms with Gasteiger partial charge in [0.2, 0.25) is 0 Å². The van der Waals surface area contributed by atoms with Crippen LogP contribution in [0.4, 0.5) is 0 Å². The zero-order valence-electron chi connectivity index (χ0n) is 18.6. The Morgan fingerprint density at radius 3 is 1.08 bits per heavy atom. The number of hydrogen-bond acceptors (Lipinski definition) is 11. The number of ether oxygens (including phenoxy) is 3. The number of carboxylic acid groups (broad SMARTS) is 5. The van der Waals surface area contributed by atoms with Gasteiger partial charge in [0.1, 0.15) is 0 Å². The molecule has 36 heavy (non-hydrogen) atoms. The van der Waals surface area contributed by atoms with Gasteiger partial charge in [0.25, 0.3) is 0 Å². The molecule has 0 bridgehead atoms. The van der Waals surface area contributed by atoms with E-state index in [2.05, 4.69) is 14.2 Å². The highest BCUT2D eigenvalue weighted by Gasteiger charge is 2.30. The highest BCUT2D eigenvalue weighted by Crippen LogP contribution is 2.14. The molecule has 0 saturated carbocycles. The van der Waals surface area contributed by atoms with Crippen molar-refractivity contribution in [2.75, 3.05) is 0 Å². The van der Waals surface area contributed by atoms with E-state index in [9.17, 15) is 38.4 Å². The summed E-state index contributed by atoms with van der Waals surface area (Å²) in [6.07, 6.45) is 0.597. The van der Waals surface area contributed by atoms with Crippen molar-refractivity contribution in [2.45, 2.75) is 63.3 Å². The Hall–Kier alpha value is -4.50. The molecule has 0 radical (unpaired) electrons. The molecule has 5 N–H and O–H groups in total. The second-order valence-corrected chi connectivity index (χ2v) is 6.90. The average Bonchev–Trinajstić information content (AvgIpc) is 3.50. The van der Waals surface area contributed by atoms with Gasteiger partial charge in [-0.2, -0.15) is 0 Å². The minimum Gasteiger partial charge on any atom is -0.481 e. The normalized spacial score (nSPS) is 21.8. The van der Waals surface area contributed by atoms with Crippen LogP contribution < -0.4 is 0 Å². The van der Waals surface area contributed by atoms with Crippen LogP contribution in [-0.2, 0) is 52.6 Å². The lowest BCUT2D eigenvalue weighted by Gasteiger charge is -1.99. The fraction of sp³-hybridized carbons (Fsp3) is 0.500. The molecule has 3 fully saturated rings. The van der Waals surface area contributed by atoms with Crippen LogP contribution in [0.1, 0.15) is 44.9 Å². The number of aliphatic carboxylic acids is 5. The molecule has 16 heteroatoms. The summed E-state index contributed by atoms with van der Waals surface area (Å²) < 4.78 is 13.2. The van der Waals surface area contributed by atoms with Gasteiger partial charge in [-0.15, -0.1) is 0 Å². The van der Waals surface area contributed by atoms with E-state index in [0.29, 0.717) is 19.3 Å². The van der Waals surface area contributed by atoms with Crippen LogP contribution in [0.2, 0.25) is 0 Å². The van der Waals surface area contributed by atoms with Crippen molar-refractivity contribution in [1.29, 1.82) is 0 Å². The summed E-state index contributed by atoms with van der Waals surface area (Å²) in [6, 6.07) is 0. The van der Waals surface area contributed by atoms with Crippen molar-refractivity contribution in [2.24, 2.45) is 0 Å². The van der Waals surface area contributed by atoms with Crippen LogP contribution in [0.3, 0.4) is 0 Å². The lowest BCUT2D eigenvalue weighted by molar-refractivity contribution is -0.156. The molecule has 3 saturated heterocycles. The van der Waals surface area contributed by atoms with Gasteiger partial charge in [-0.3, -0.25) is 19.2 Å². The van der Waals surface area contributed by atoms with Crippen LogP contribution in [0.25, 0.3) is 0 Å². The molecule has 0 amide bonds. The van der Waals surface area contributed by atoms with Crippen molar-refractivity contribution >= 4 is 47.8 Å². The van der Waals surface area contributed by atoms with Crippen molar-refractivity contribution in [3.63, 3.8) is 0 Å². The number of carbonyl (C=O) groups is 8. The first-order valence-corrected chi connectivity index (χ1v) is 10.1. The highest BCUT2D eigenvalue weighted by molar-refractivity contribution is 5.83. The van der Waals surface area contributed by atoms with E-state index in [4.69, 9.17) is 25.5 Å². The molecule has 200 valence electrons. The topological polar surface area (TPSA) is 265 Å². The van der Waals surface area contributed by atoms with Gasteiger partial charge >= 0.3 is 47.8 Å². The highest BCUT2D eigenvalue weighted by atomic mass is 16.6.